The minimum absolute atomic E-state index is 0.913. The van der Waals surface area contributed by atoms with Crippen LogP contribution >= 0.6 is 0 Å². The Morgan fingerprint density at radius 2 is 1.43 bits per heavy atom. The molecule has 0 saturated heterocycles. The highest BCUT2D eigenvalue weighted by Crippen LogP contribution is 2.09. The maximum absolute atomic E-state index is 2.57. The SMILES string of the molecule is CC.CCCN(CC)CC(CC)CC. The van der Waals surface area contributed by atoms with Crippen molar-refractivity contribution in [3.63, 3.8) is 0 Å². The molecule has 0 bridgehead atoms. The van der Waals surface area contributed by atoms with Gasteiger partial charge in [-0.2, -0.15) is 0 Å². The topological polar surface area (TPSA) is 3.24 Å². The van der Waals surface area contributed by atoms with E-state index in [0.29, 0.717) is 0 Å². The predicted octanol–water partition coefficient (Wildman–Crippen LogP) is 4.18. The Morgan fingerprint density at radius 1 is 0.929 bits per heavy atom. The average Bonchev–Trinajstić information content (AvgIpc) is 2.27. The summed E-state index contributed by atoms with van der Waals surface area (Å²) in [6, 6.07) is 0. The van der Waals surface area contributed by atoms with Crippen LogP contribution in [0.25, 0.3) is 0 Å². The molecule has 0 aromatic rings. The summed E-state index contributed by atoms with van der Waals surface area (Å²) in [5.41, 5.74) is 0. The van der Waals surface area contributed by atoms with Crippen LogP contribution in [0.4, 0.5) is 0 Å². The van der Waals surface area contributed by atoms with Crippen LogP contribution < -0.4 is 0 Å². The van der Waals surface area contributed by atoms with E-state index in [1.807, 2.05) is 13.8 Å². The Labute approximate surface area is 91.9 Å². The van der Waals surface area contributed by atoms with Crippen LogP contribution in [0.1, 0.15) is 60.8 Å². The molecule has 0 radical (unpaired) electrons. The Balaban J connectivity index is 0. The van der Waals surface area contributed by atoms with E-state index in [-0.39, 0.29) is 0 Å². The van der Waals surface area contributed by atoms with Crippen LogP contribution in [0.3, 0.4) is 0 Å². The van der Waals surface area contributed by atoms with Crippen molar-refractivity contribution in [2.45, 2.75) is 60.8 Å². The molecule has 1 nitrogen and oxygen atoms in total. The van der Waals surface area contributed by atoms with Crippen LogP contribution in [0.15, 0.2) is 0 Å². The molecule has 0 heterocycles. The molecule has 0 aliphatic heterocycles. The smallest absolute Gasteiger partial charge is 0.000933 e. The molecule has 1 heteroatoms. The molecule has 14 heavy (non-hydrogen) atoms. The van der Waals surface area contributed by atoms with Gasteiger partial charge < -0.3 is 4.90 Å². The first-order valence-corrected chi connectivity index (χ1v) is 6.50. The lowest BCUT2D eigenvalue weighted by Gasteiger charge is -2.24. The van der Waals surface area contributed by atoms with Gasteiger partial charge in [0.05, 0.1) is 0 Å². The molecule has 88 valence electrons. The van der Waals surface area contributed by atoms with Crippen molar-refractivity contribution in [3.05, 3.63) is 0 Å². The molecule has 0 amide bonds. The molecule has 0 aliphatic rings. The summed E-state index contributed by atoms with van der Waals surface area (Å²) in [5, 5.41) is 0. The molecular formula is C13H31N. The van der Waals surface area contributed by atoms with E-state index in [9.17, 15) is 0 Å². The Kier molecular flexibility index (Phi) is 15.2. The van der Waals surface area contributed by atoms with Crippen molar-refractivity contribution in [3.8, 4) is 0 Å². The highest BCUT2D eigenvalue weighted by Gasteiger charge is 2.08. The van der Waals surface area contributed by atoms with Gasteiger partial charge in [0, 0.05) is 6.54 Å². The zero-order valence-corrected chi connectivity index (χ0v) is 11.3. The van der Waals surface area contributed by atoms with E-state index in [0.717, 1.165) is 5.92 Å². The number of rotatable bonds is 7. The summed E-state index contributed by atoms with van der Waals surface area (Å²) in [6.07, 6.45) is 3.95. The average molecular weight is 201 g/mol. The zero-order chi connectivity index (χ0) is 11.4. The number of hydrogen-bond donors (Lipinski definition) is 0. The van der Waals surface area contributed by atoms with Crippen LogP contribution in [0.2, 0.25) is 0 Å². The molecule has 0 rings (SSSR count). The molecule has 0 aromatic heterocycles. The lowest BCUT2D eigenvalue weighted by molar-refractivity contribution is 0.234. The maximum Gasteiger partial charge on any atom is 0.000933 e. The maximum atomic E-state index is 2.57. The highest BCUT2D eigenvalue weighted by atomic mass is 15.1. The van der Waals surface area contributed by atoms with E-state index < -0.39 is 0 Å². The molecule has 0 saturated carbocycles. The number of nitrogens with zero attached hydrogens (tertiary/aromatic N) is 1. The molecule has 0 aromatic carbocycles. The second-order valence-electron chi connectivity index (χ2n) is 3.58. The molecule has 0 aliphatic carbocycles. The van der Waals surface area contributed by atoms with Gasteiger partial charge in [0.1, 0.15) is 0 Å². The summed E-state index contributed by atoms with van der Waals surface area (Å²) in [4.78, 5) is 2.57. The largest absolute Gasteiger partial charge is 0.303 e. The van der Waals surface area contributed by atoms with Gasteiger partial charge in [-0.25, -0.2) is 0 Å². The van der Waals surface area contributed by atoms with Crippen LogP contribution in [0, 0.1) is 5.92 Å². The quantitative estimate of drug-likeness (QED) is 0.597. The third-order valence-electron chi connectivity index (χ3n) is 2.66. The van der Waals surface area contributed by atoms with Gasteiger partial charge in [-0.05, 0) is 25.4 Å². The van der Waals surface area contributed by atoms with Crippen LogP contribution in [0.5, 0.6) is 0 Å². The first-order valence-electron chi connectivity index (χ1n) is 6.50. The molecule has 0 unspecified atom stereocenters. The molecule has 0 atom stereocenters. The lowest BCUT2D eigenvalue weighted by atomic mass is 10.0. The molecular weight excluding hydrogens is 170 g/mol. The van der Waals surface area contributed by atoms with Gasteiger partial charge in [0.2, 0.25) is 0 Å². The van der Waals surface area contributed by atoms with E-state index in [1.54, 1.807) is 0 Å². The fourth-order valence-corrected chi connectivity index (χ4v) is 1.61. The Bertz CT molecular complexity index is 87.2. The minimum Gasteiger partial charge on any atom is -0.303 e. The van der Waals surface area contributed by atoms with Gasteiger partial charge in [0.15, 0.2) is 0 Å². The van der Waals surface area contributed by atoms with Gasteiger partial charge >= 0.3 is 0 Å². The van der Waals surface area contributed by atoms with Gasteiger partial charge in [0.25, 0.3) is 0 Å². The van der Waals surface area contributed by atoms with E-state index >= 15 is 0 Å². The fraction of sp³-hybridized carbons (Fsp3) is 1.00. The number of hydrogen-bond acceptors (Lipinski definition) is 1. The van der Waals surface area contributed by atoms with Crippen LogP contribution in [-0.2, 0) is 0 Å². The summed E-state index contributed by atoms with van der Waals surface area (Å²) in [7, 11) is 0. The summed E-state index contributed by atoms with van der Waals surface area (Å²) < 4.78 is 0. The monoisotopic (exact) mass is 201 g/mol. The van der Waals surface area contributed by atoms with E-state index in [1.165, 1.54) is 38.9 Å². The Hall–Kier alpha value is -0.0400. The highest BCUT2D eigenvalue weighted by molar-refractivity contribution is 4.62. The van der Waals surface area contributed by atoms with E-state index in [2.05, 4.69) is 32.6 Å². The van der Waals surface area contributed by atoms with Crippen molar-refractivity contribution in [1.82, 2.24) is 4.90 Å². The Morgan fingerprint density at radius 3 is 1.71 bits per heavy atom. The first-order chi connectivity index (χ1) is 6.78. The summed E-state index contributed by atoms with van der Waals surface area (Å²) in [6.45, 7) is 16.9. The van der Waals surface area contributed by atoms with Crippen molar-refractivity contribution in [2.75, 3.05) is 19.6 Å². The molecule has 0 spiro atoms. The van der Waals surface area contributed by atoms with Crippen molar-refractivity contribution in [1.29, 1.82) is 0 Å². The normalized spacial score (nSPS) is 10.3. The first kappa shape index (κ1) is 16.4. The molecule has 0 fully saturated rings. The second kappa shape index (κ2) is 13.0. The summed E-state index contributed by atoms with van der Waals surface area (Å²) in [5.74, 6) is 0.913. The third kappa shape index (κ3) is 8.55. The van der Waals surface area contributed by atoms with Gasteiger partial charge in [-0.1, -0.05) is 54.4 Å². The van der Waals surface area contributed by atoms with Crippen LogP contribution in [-0.4, -0.2) is 24.5 Å². The van der Waals surface area contributed by atoms with Crippen molar-refractivity contribution < 1.29 is 0 Å². The molecule has 0 N–H and O–H groups in total. The van der Waals surface area contributed by atoms with Crippen molar-refractivity contribution >= 4 is 0 Å². The minimum atomic E-state index is 0.913. The fourth-order valence-electron chi connectivity index (χ4n) is 1.61. The lowest BCUT2D eigenvalue weighted by Crippen LogP contribution is -2.29. The third-order valence-corrected chi connectivity index (χ3v) is 2.66. The van der Waals surface area contributed by atoms with E-state index in [4.69, 9.17) is 0 Å². The van der Waals surface area contributed by atoms with Crippen molar-refractivity contribution in [2.24, 2.45) is 5.92 Å². The zero-order valence-electron chi connectivity index (χ0n) is 11.3. The van der Waals surface area contributed by atoms with Gasteiger partial charge in [-0.15, -0.1) is 0 Å². The standard InChI is InChI=1S/C11H25N.C2H6/c1-5-9-12(8-4)10-11(6-2)7-3;1-2/h11H,5-10H2,1-4H3;1-2H3. The second-order valence-corrected chi connectivity index (χ2v) is 3.58. The van der Waals surface area contributed by atoms with Gasteiger partial charge in [-0.3, -0.25) is 0 Å². The predicted molar refractivity (Wildman–Crippen MR) is 67.8 cm³/mol. The summed E-state index contributed by atoms with van der Waals surface area (Å²) >= 11 is 0.